The molecule has 0 aromatic heterocycles. The number of hydrogen-bond donors (Lipinski definition) is 1. The molecule has 0 aliphatic carbocycles. The first-order valence-electron chi connectivity index (χ1n) is 5.68. The Morgan fingerprint density at radius 3 is 2.62 bits per heavy atom. The molecule has 5 heteroatoms. The fourth-order valence-electron chi connectivity index (χ4n) is 1.60. The molecule has 94 valence electrons. The highest BCUT2D eigenvalue weighted by Crippen LogP contribution is 2.11. The predicted molar refractivity (Wildman–Crippen MR) is 60.2 cm³/mol. The van der Waals surface area contributed by atoms with Crippen molar-refractivity contribution in [1.29, 1.82) is 0 Å². The fourth-order valence-corrected chi connectivity index (χ4v) is 1.60. The largest absolute Gasteiger partial charge is 0.444 e. The maximum Gasteiger partial charge on any atom is 0.407 e. The highest BCUT2D eigenvalue weighted by atomic mass is 19.1. The molecule has 1 fully saturated rings. The van der Waals surface area contributed by atoms with Gasteiger partial charge in [0.2, 0.25) is 0 Å². The standard InChI is InChI=1S/C11H21FN2O2/c1-11(2,3)16-10(15)13-9-7-14(8-9)6-4-5-12/h9H,4-8H2,1-3H3,(H,13,15). The second kappa shape index (κ2) is 5.48. The Morgan fingerprint density at radius 2 is 2.12 bits per heavy atom. The normalized spacial score (nSPS) is 18.0. The van der Waals surface area contributed by atoms with Gasteiger partial charge in [0.25, 0.3) is 0 Å². The molecule has 1 N–H and O–H groups in total. The minimum atomic E-state index is -0.457. The van der Waals surface area contributed by atoms with E-state index in [9.17, 15) is 9.18 Å². The zero-order chi connectivity index (χ0) is 12.2. The van der Waals surface area contributed by atoms with Crippen LogP contribution in [0.4, 0.5) is 9.18 Å². The van der Waals surface area contributed by atoms with E-state index in [1.807, 2.05) is 20.8 Å². The van der Waals surface area contributed by atoms with Crippen LogP contribution >= 0.6 is 0 Å². The Balaban J connectivity index is 2.10. The number of nitrogens with zero attached hydrogens (tertiary/aromatic N) is 1. The van der Waals surface area contributed by atoms with Crippen molar-refractivity contribution < 1.29 is 13.9 Å². The van der Waals surface area contributed by atoms with Crippen LogP contribution in [0.5, 0.6) is 0 Å². The number of carbonyl (C=O) groups excluding carboxylic acids is 1. The fraction of sp³-hybridized carbons (Fsp3) is 0.909. The van der Waals surface area contributed by atoms with E-state index in [-0.39, 0.29) is 18.8 Å². The maximum atomic E-state index is 11.9. The van der Waals surface area contributed by atoms with E-state index in [0.717, 1.165) is 19.6 Å². The number of carbonyl (C=O) groups is 1. The van der Waals surface area contributed by atoms with Crippen LogP contribution in [0.15, 0.2) is 0 Å². The Labute approximate surface area is 96.1 Å². The lowest BCUT2D eigenvalue weighted by Crippen LogP contribution is -2.59. The molecule has 1 saturated heterocycles. The number of likely N-dealkylation sites (tertiary alicyclic amines) is 1. The van der Waals surface area contributed by atoms with Gasteiger partial charge in [-0.3, -0.25) is 9.29 Å². The molecule has 16 heavy (non-hydrogen) atoms. The van der Waals surface area contributed by atoms with E-state index in [0.29, 0.717) is 6.42 Å². The first-order chi connectivity index (χ1) is 7.40. The number of halogens is 1. The monoisotopic (exact) mass is 232 g/mol. The zero-order valence-electron chi connectivity index (χ0n) is 10.3. The lowest BCUT2D eigenvalue weighted by atomic mass is 10.1. The van der Waals surface area contributed by atoms with Gasteiger partial charge in [-0.2, -0.15) is 0 Å². The first-order valence-corrected chi connectivity index (χ1v) is 5.68. The van der Waals surface area contributed by atoms with Crippen molar-refractivity contribution in [1.82, 2.24) is 10.2 Å². The van der Waals surface area contributed by atoms with E-state index in [2.05, 4.69) is 10.2 Å². The third-order valence-corrected chi connectivity index (χ3v) is 2.29. The maximum absolute atomic E-state index is 11.9. The van der Waals surface area contributed by atoms with Crippen LogP contribution in [-0.4, -0.2) is 48.9 Å². The number of amides is 1. The Kier molecular flexibility index (Phi) is 4.53. The Bertz CT molecular complexity index is 235. The summed E-state index contributed by atoms with van der Waals surface area (Å²) in [5, 5.41) is 2.78. The van der Waals surface area contributed by atoms with Crippen LogP contribution in [0, 0.1) is 0 Å². The highest BCUT2D eigenvalue weighted by Gasteiger charge is 2.28. The number of alkyl halides is 1. The third-order valence-electron chi connectivity index (χ3n) is 2.29. The second-order valence-corrected chi connectivity index (χ2v) is 5.15. The van der Waals surface area contributed by atoms with E-state index < -0.39 is 5.60 Å². The molecule has 0 bridgehead atoms. The number of alkyl carbamates (subject to hydrolysis) is 1. The topological polar surface area (TPSA) is 41.6 Å². The number of ether oxygens (including phenoxy) is 1. The lowest BCUT2D eigenvalue weighted by Gasteiger charge is -2.39. The van der Waals surface area contributed by atoms with Crippen LogP contribution in [0.1, 0.15) is 27.2 Å². The number of hydrogen-bond acceptors (Lipinski definition) is 3. The molecule has 1 heterocycles. The second-order valence-electron chi connectivity index (χ2n) is 5.15. The van der Waals surface area contributed by atoms with Gasteiger partial charge in [-0.1, -0.05) is 0 Å². The van der Waals surface area contributed by atoms with Gasteiger partial charge >= 0.3 is 6.09 Å². The summed E-state index contributed by atoms with van der Waals surface area (Å²) in [5.41, 5.74) is -0.457. The van der Waals surface area contributed by atoms with Crippen LogP contribution in [-0.2, 0) is 4.74 Å². The van der Waals surface area contributed by atoms with Crippen LogP contribution in [0.25, 0.3) is 0 Å². The molecule has 0 unspecified atom stereocenters. The van der Waals surface area contributed by atoms with Crippen LogP contribution in [0.2, 0.25) is 0 Å². The van der Waals surface area contributed by atoms with Gasteiger partial charge in [0.15, 0.2) is 0 Å². The molecule has 1 rings (SSSR count). The lowest BCUT2D eigenvalue weighted by molar-refractivity contribution is 0.0398. The zero-order valence-corrected chi connectivity index (χ0v) is 10.3. The molecular formula is C11H21FN2O2. The van der Waals surface area contributed by atoms with Gasteiger partial charge in [-0.15, -0.1) is 0 Å². The first kappa shape index (κ1) is 13.2. The molecular weight excluding hydrogens is 211 g/mol. The van der Waals surface area contributed by atoms with E-state index >= 15 is 0 Å². The quantitative estimate of drug-likeness (QED) is 0.799. The molecule has 0 spiro atoms. The van der Waals surface area contributed by atoms with Gasteiger partial charge < -0.3 is 10.1 Å². The van der Waals surface area contributed by atoms with Crippen molar-refractivity contribution in [2.75, 3.05) is 26.3 Å². The molecule has 1 aliphatic heterocycles. The molecule has 0 saturated carbocycles. The summed E-state index contributed by atoms with van der Waals surface area (Å²) in [5.74, 6) is 0. The Hall–Kier alpha value is -0.840. The highest BCUT2D eigenvalue weighted by molar-refractivity contribution is 5.68. The van der Waals surface area contributed by atoms with E-state index in [1.165, 1.54) is 0 Å². The van der Waals surface area contributed by atoms with Crippen molar-refractivity contribution in [2.24, 2.45) is 0 Å². The third kappa shape index (κ3) is 4.79. The van der Waals surface area contributed by atoms with Crippen LogP contribution < -0.4 is 5.32 Å². The average Bonchev–Trinajstić information content (AvgIpc) is 2.05. The summed E-state index contributed by atoms with van der Waals surface area (Å²) in [6.45, 7) is 7.57. The summed E-state index contributed by atoms with van der Waals surface area (Å²) >= 11 is 0. The van der Waals surface area contributed by atoms with E-state index in [1.54, 1.807) is 0 Å². The predicted octanol–water partition coefficient (Wildman–Crippen LogP) is 1.55. The van der Waals surface area contributed by atoms with Crippen molar-refractivity contribution >= 4 is 6.09 Å². The number of rotatable bonds is 4. The summed E-state index contributed by atoms with van der Waals surface area (Å²) in [6, 6.07) is 0.148. The van der Waals surface area contributed by atoms with Crippen molar-refractivity contribution in [3.63, 3.8) is 0 Å². The van der Waals surface area contributed by atoms with Gasteiger partial charge in [-0.05, 0) is 27.2 Å². The summed E-state index contributed by atoms with van der Waals surface area (Å²) in [6.07, 6.45) is 0.196. The molecule has 1 amide bonds. The number of nitrogens with one attached hydrogen (secondary N) is 1. The summed E-state index contributed by atoms with van der Waals surface area (Å²) < 4.78 is 17.0. The SMILES string of the molecule is CC(C)(C)OC(=O)NC1CN(CCCF)C1. The molecule has 0 aromatic rings. The molecule has 1 aliphatic rings. The van der Waals surface area contributed by atoms with E-state index in [4.69, 9.17) is 4.74 Å². The molecule has 0 aromatic carbocycles. The van der Waals surface area contributed by atoms with Gasteiger partial charge in [0, 0.05) is 19.6 Å². The minimum Gasteiger partial charge on any atom is -0.444 e. The van der Waals surface area contributed by atoms with Gasteiger partial charge in [-0.25, -0.2) is 4.79 Å². The summed E-state index contributed by atoms with van der Waals surface area (Å²) in [7, 11) is 0. The van der Waals surface area contributed by atoms with Crippen molar-refractivity contribution in [3.8, 4) is 0 Å². The molecule has 0 radical (unpaired) electrons. The smallest absolute Gasteiger partial charge is 0.407 e. The molecule has 0 atom stereocenters. The summed E-state index contributed by atoms with van der Waals surface area (Å²) in [4.78, 5) is 13.5. The average molecular weight is 232 g/mol. The van der Waals surface area contributed by atoms with Crippen LogP contribution in [0.3, 0.4) is 0 Å². The van der Waals surface area contributed by atoms with Crippen molar-refractivity contribution in [2.45, 2.75) is 38.8 Å². The van der Waals surface area contributed by atoms with Gasteiger partial charge in [0.1, 0.15) is 5.60 Å². The molecule has 4 nitrogen and oxygen atoms in total. The Morgan fingerprint density at radius 1 is 1.50 bits per heavy atom. The minimum absolute atomic E-state index is 0.148. The van der Waals surface area contributed by atoms with Gasteiger partial charge in [0.05, 0.1) is 12.7 Å². The van der Waals surface area contributed by atoms with Crippen molar-refractivity contribution in [3.05, 3.63) is 0 Å².